The number of nitrogens with two attached hydrogens (primary N) is 1. The van der Waals surface area contributed by atoms with E-state index in [0.29, 0.717) is 12.6 Å². The number of carbonyl (C=O) groups is 1. The Bertz CT molecular complexity index is 230. The average molecular weight is 198 g/mol. The standard InChI is InChI=1S/C10H18N2O2/c1-7-4-5-10(6-14-7,9(11)13)12-8-2-3-8/h7-8,12H,2-6H2,1H3,(H2,11,13). The van der Waals surface area contributed by atoms with Crippen molar-refractivity contribution >= 4 is 5.91 Å². The molecule has 2 unspecified atom stereocenters. The number of hydrogen-bond acceptors (Lipinski definition) is 3. The first-order chi connectivity index (χ1) is 6.62. The van der Waals surface area contributed by atoms with Gasteiger partial charge in [0.05, 0.1) is 12.7 Å². The molecule has 0 spiro atoms. The Morgan fingerprint density at radius 2 is 2.21 bits per heavy atom. The summed E-state index contributed by atoms with van der Waals surface area (Å²) in [7, 11) is 0. The zero-order valence-electron chi connectivity index (χ0n) is 8.58. The smallest absolute Gasteiger partial charge is 0.240 e. The zero-order chi connectivity index (χ0) is 10.2. The fraction of sp³-hybridized carbons (Fsp3) is 0.900. The van der Waals surface area contributed by atoms with Gasteiger partial charge in [0.2, 0.25) is 5.91 Å². The predicted octanol–water partition coefficient (Wildman–Crippen LogP) is 0.161. The Hall–Kier alpha value is -0.610. The Morgan fingerprint density at radius 1 is 1.50 bits per heavy atom. The summed E-state index contributed by atoms with van der Waals surface area (Å²) in [5, 5.41) is 3.33. The van der Waals surface area contributed by atoms with Crippen molar-refractivity contribution in [1.29, 1.82) is 0 Å². The quantitative estimate of drug-likeness (QED) is 0.679. The van der Waals surface area contributed by atoms with Crippen LogP contribution in [0.15, 0.2) is 0 Å². The van der Waals surface area contributed by atoms with Crippen LogP contribution >= 0.6 is 0 Å². The van der Waals surface area contributed by atoms with Crippen molar-refractivity contribution in [3.63, 3.8) is 0 Å². The number of carbonyl (C=O) groups excluding carboxylic acids is 1. The van der Waals surface area contributed by atoms with Crippen LogP contribution in [0.4, 0.5) is 0 Å². The van der Waals surface area contributed by atoms with Gasteiger partial charge in [0.25, 0.3) is 0 Å². The monoisotopic (exact) mass is 198 g/mol. The second-order valence-corrected chi connectivity index (χ2v) is 4.53. The highest BCUT2D eigenvalue weighted by molar-refractivity contribution is 5.85. The van der Waals surface area contributed by atoms with Crippen LogP contribution < -0.4 is 11.1 Å². The van der Waals surface area contributed by atoms with Crippen molar-refractivity contribution < 1.29 is 9.53 Å². The van der Waals surface area contributed by atoms with Crippen molar-refractivity contribution in [1.82, 2.24) is 5.32 Å². The molecular weight excluding hydrogens is 180 g/mol. The highest BCUT2D eigenvalue weighted by Gasteiger charge is 2.43. The third-order valence-electron chi connectivity index (χ3n) is 3.12. The summed E-state index contributed by atoms with van der Waals surface area (Å²) in [6.45, 7) is 2.46. The summed E-state index contributed by atoms with van der Waals surface area (Å²) in [5.74, 6) is -0.267. The Balaban J connectivity index is 2.01. The second-order valence-electron chi connectivity index (χ2n) is 4.53. The number of amides is 1. The van der Waals surface area contributed by atoms with Gasteiger partial charge in [0.1, 0.15) is 5.54 Å². The molecule has 4 nitrogen and oxygen atoms in total. The van der Waals surface area contributed by atoms with Gasteiger partial charge in [-0.2, -0.15) is 0 Å². The summed E-state index contributed by atoms with van der Waals surface area (Å²) in [6.07, 6.45) is 4.28. The van der Waals surface area contributed by atoms with E-state index in [2.05, 4.69) is 5.32 Å². The third kappa shape index (κ3) is 1.91. The normalized spacial score (nSPS) is 38.2. The lowest BCUT2D eigenvalue weighted by molar-refractivity contribution is -0.132. The van der Waals surface area contributed by atoms with Gasteiger partial charge >= 0.3 is 0 Å². The molecule has 1 saturated heterocycles. The fourth-order valence-corrected chi connectivity index (χ4v) is 1.89. The van der Waals surface area contributed by atoms with Crippen LogP contribution in [0.3, 0.4) is 0 Å². The number of ether oxygens (including phenoxy) is 1. The van der Waals surface area contributed by atoms with E-state index in [1.807, 2.05) is 6.92 Å². The fourth-order valence-electron chi connectivity index (χ4n) is 1.89. The lowest BCUT2D eigenvalue weighted by atomic mass is 9.89. The van der Waals surface area contributed by atoms with Crippen LogP contribution in [0.2, 0.25) is 0 Å². The van der Waals surface area contributed by atoms with E-state index < -0.39 is 5.54 Å². The van der Waals surface area contributed by atoms with E-state index in [-0.39, 0.29) is 12.0 Å². The first kappa shape index (κ1) is 9.93. The molecule has 0 radical (unpaired) electrons. The van der Waals surface area contributed by atoms with E-state index in [4.69, 9.17) is 10.5 Å². The summed E-state index contributed by atoms with van der Waals surface area (Å²) in [6, 6.07) is 0.486. The molecule has 14 heavy (non-hydrogen) atoms. The largest absolute Gasteiger partial charge is 0.376 e. The molecule has 80 valence electrons. The van der Waals surface area contributed by atoms with Crippen molar-refractivity contribution in [3.8, 4) is 0 Å². The predicted molar refractivity (Wildman–Crippen MR) is 52.7 cm³/mol. The van der Waals surface area contributed by atoms with E-state index in [1.54, 1.807) is 0 Å². The maximum atomic E-state index is 11.4. The maximum absolute atomic E-state index is 11.4. The van der Waals surface area contributed by atoms with Crippen molar-refractivity contribution in [3.05, 3.63) is 0 Å². The highest BCUT2D eigenvalue weighted by atomic mass is 16.5. The zero-order valence-corrected chi connectivity index (χ0v) is 8.58. The molecule has 2 atom stereocenters. The topological polar surface area (TPSA) is 64.3 Å². The summed E-state index contributed by atoms with van der Waals surface area (Å²) in [4.78, 5) is 11.4. The molecule has 1 amide bonds. The maximum Gasteiger partial charge on any atom is 0.240 e. The molecule has 2 rings (SSSR count). The Morgan fingerprint density at radius 3 is 2.64 bits per heavy atom. The van der Waals surface area contributed by atoms with Crippen LogP contribution in [0.1, 0.15) is 32.6 Å². The van der Waals surface area contributed by atoms with Gasteiger partial charge in [-0.05, 0) is 32.6 Å². The minimum absolute atomic E-state index is 0.253. The van der Waals surface area contributed by atoms with Crippen molar-refractivity contribution in [2.75, 3.05) is 6.61 Å². The first-order valence-electron chi connectivity index (χ1n) is 5.32. The third-order valence-corrected chi connectivity index (χ3v) is 3.12. The highest BCUT2D eigenvalue weighted by Crippen LogP contribution is 2.28. The molecule has 2 fully saturated rings. The van der Waals surface area contributed by atoms with E-state index >= 15 is 0 Å². The summed E-state index contributed by atoms with van der Waals surface area (Å²) >= 11 is 0. The molecule has 0 aromatic heterocycles. The van der Waals surface area contributed by atoms with Crippen molar-refractivity contribution in [2.45, 2.75) is 50.3 Å². The SMILES string of the molecule is CC1CCC(NC2CC2)(C(N)=O)CO1. The van der Waals surface area contributed by atoms with Gasteiger partial charge < -0.3 is 10.5 Å². The molecule has 0 aromatic rings. The summed E-state index contributed by atoms with van der Waals surface area (Å²) < 4.78 is 5.52. The molecule has 1 saturated carbocycles. The van der Waals surface area contributed by atoms with Gasteiger partial charge in [0.15, 0.2) is 0 Å². The minimum atomic E-state index is -0.590. The van der Waals surface area contributed by atoms with Gasteiger partial charge in [0, 0.05) is 6.04 Å². The number of rotatable bonds is 3. The number of hydrogen-bond donors (Lipinski definition) is 2. The van der Waals surface area contributed by atoms with Crippen LogP contribution in [0.5, 0.6) is 0 Å². The Labute approximate surface area is 84.2 Å². The molecule has 0 bridgehead atoms. The van der Waals surface area contributed by atoms with Gasteiger partial charge in [-0.1, -0.05) is 0 Å². The van der Waals surface area contributed by atoms with Gasteiger partial charge in [-0.25, -0.2) is 0 Å². The van der Waals surface area contributed by atoms with E-state index in [9.17, 15) is 4.79 Å². The van der Waals surface area contributed by atoms with Crippen LogP contribution in [0.25, 0.3) is 0 Å². The second kappa shape index (κ2) is 3.51. The minimum Gasteiger partial charge on any atom is -0.376 e. The average Bonchev–Trinajstić information content (AvgIpc) is 2.93. The molecule has 1 aliphatic carbocycles. The molecule has 3 N–H and O–H groups in total. The van der Waals surface area contributed by atoms with E-state index in [0.717, 1.165) is 25.7 Å². The molecular formula is C10H18N2O2. The molecule has 4 heteroatoms. The molecule has 0 aromatic carbocycles. The lowest BCUT2D eigenvalue weighted by Gasteiger charge is -2.37. The first-order valence-corrected chi connectivity index (χ1v) is 5.32. The van der Waals surface area contributed by atoms with Crippen LogP contribution in [0, 0.1) is 0 Å². The van der Waals surface area contributed by atoms with E-state index in [1.165, 1.54) is 0 Å². The molecule has 1 heterocycles. The van der Waals surface area contributed by atoms with Gasteiger partial charge in [-0.15, -0.1) is 0 Å². The number of nitrogens with one attached hydrogen (secondary N) is 1. The molecule has 2 aliphatic rings. The van der Waals surface area contributed by atoms with Crippen LogP contribution in [-0.4, -0.2) is 30.2 Å². The summed E-state index contributed by atoms with van der Waals surface area (Å²) in [5.41, 5.74) is 4.85. The van der Waals surface area contributed by atoms with Gasteiger partial charge in [-0.3, -0.25) is 10.1 Å². The van der Waals surface area contributed by atoms with Crippen molar-refractivity contribution in [2.24, 2.45) is 5.73 Å². The molecule has 1 aliphatic heterocycles. The lowest BCUT2D eigenvalue weighted by Crippen LogP contribution is -2.61. The van der Waals surface area contributed by atoms with Crippen LogP contribution in [-0.2, 0) is 9.53 Å². The Kier molecular flexibility index (Phi) is 2.49. The number of primary amides is 1.